The molecule has 0 saturated heterocycles. The van der Waals surface area contributed by atoms with Gasteiger partial charge in [-0.05, 0) is 44.4 Å². The van der Waals surface area contributed by atoms with Crippen LogP contribution in [-0.2, 0) is 9.59 Å². The van der Waals surface area contributed by atoms with Crippen LogP contribution < -0.4 is 15.5 Å². The zero-order valence-electron chi connectivity index (χ0n) is 19.3. The van der Waals surface area contributed by atoms with Crippen LogP contribution in [-0.4, -0.2) is 33.5 Å². The van der Waals surface area contributed by atoms with E-state index in [0.717, 1.165) is 40.5 Å². The Kier molecular flexibility index (Phi) is 7.84. The van der Waals surface area contributed by atoms with Crippen molar-refractivity contribution < 1.29 is 9.59 Å². The van der Waals surface area contributed by atoms with Crippen molar-refractivity contribution in [1.82, 2.24) is 15.2 Å². The standard InChI is InChI=1S/C24H29ClN6O2S/c1-15-19(12-18(25)13-26-15)28-16(2)21-7-8-23(34-21)31(14-32)20(11-17-5-3-4-6-17)24(33)29-22-9-10-27-30-22/h7-10,12-14,16-17,20,28H,3-6,11H2,1-2H3,(H2,27,29,30,33)/t16-,20-/m0/s1. The maximum atomic E-state index is 13.2. The lowest BCUT2D eigenvalue weighted by Crippen LogP contribution is -2.44. The number of anilines is 3. The fourth-order valence-electron chi connectivity index (χ4n) is 4.40. The summed E-state index contributed by atoms with van der Waals surface area (Å²) in [6.07, 6.45) is 9.12. The van der Waals surface area contributed by atoms with Gasteiger partial charge in [0.1, 0.15) is 11.9 Å². The number of amides is 2. The van der Waals surface area contributed by atoms with E-state index in [4.69, 9.17) is 11.6 Å². The average Bonchev–Trinajstić information content (AvgIpc) is 3.59. The molecule has 0 unspecified atom stereocenters. The number of nitrogens with zero attached hydrogens (tertiary/aromatic N) is 3. The van der Waals surface area contributed by atoms with Crippen molar-refractivity contribution in [3.63, 3.8) is 0 Å². The van der Waals surface area contributed by atoms with Crippen LogP contribution in [0, 0.1) is 12.8 Å². The number of aromatic amines is 1. The zero-order valence-corrected chi connectivity index (χ0v) is 20.8. The van der Waals surface area contributed by atoms with Crippen molar-refractivity contribution in [2.24, 2.45) is 5.92 Å². The zero-order chi connectivity index (χ0) is 24.1. The number of carbonyl (C=O) groups is 2. The molecule has 3 aromatic heterocycles. The Morgan fingerprint density at radius 2 is 2.15 bits per heavy atom. The monoisotopic (exact) mass is 500 g/mol. The molecule has 4 rings (SSSR count). The predicted molar refractivity (Wildman–Crippen MR) is 136 cm³/mol. The first-order chi connectivity index (χ1) is 16.4. The average molecular weight is 501 g/mol. The summed E-state index contributed by atoms with van der Waals surface area (Å²) in [5.41, 5.74) is 1.72. The molecule has 1 aliphatic carbocycles. The third-order valence-electron chi connectivity index (χ3n) is 6.26. The topological polar surface area (TPSA) is 103 Å². The smallest absolute Gasteiger partial charge is 0.248 e. The number of H-pyrrole nitrogens is 1. The molecule has 0 aromatic carbocycles. The SMILES string of the molecule is Cc1ncc(Cl)cc1N[C@@H](C)c1ccc(N(C=O)[C@@H](CC2CCCC2)C(=O)Nc2ccn[nH]2)s1. The Labute approximate surface area is 208 Å². The van der Waals surface area contributed by atoms with Gasteiger partial charge in [0.25, 0.3) is 0 Å². The Morgan fingerprint density at radius 1 is 1.35 bits per heavy atom. The van der Waals surface area contributed by atoms with E-state index < -0.39 is 6.04 Å². The predicted octanol–water partition coefficient (Wildman–Crippen LogP) is 5.55. The van der Waals surface area contributed by atoms with E-state index >= 15 is 0 Å². The molecule has 0 aliphatic heterocycles. The van der Waals surface area contributed by atoms with E-state index in [9.17, 15) is 9.59 Å². The minimum absolute atomic E-state index is 0.0293. The number of carbonyl (C=O) groups excluding carboxylic acids is 2. The van der Waals surface area contributed by atoms with Gasteiger partial charge in [-0.25, -0.2) is 0 Å². The van der Waals surface area contributed by atoms with Crippen LogP contribution in [0.5, 0.6) is 0 Å². The van der Waals surface area contributed by atoms with Gasteiger partial charge >= 0.3 is 0 Å². The Hall–Kier alpha value is -2.91. The quantitative estimate of drug-likeness (QED) is 0.316. The minimum atomic E-state index is -0.599. The van der Waals surface area contributed by atoms with E-state index in [1.165, 1.54) is 24.2 Å². The maximum Gasteiger partial charge on any atom is 0.248 e. The van der Waals surface area contributed by atoms with Crippen LogP contribution in [0.1, 0.15) is 55.6 Å². The van der Waals surface area contributed by atoms with Gasteiger partial charge in [0.05, 0.1) is 33.6 Å². The van der Waals surface area contributed by atoms with Crippen LogP contribution in [0.3, 0.4) is 0 Å². The second-order valence-corrected chi connectivity index (χ2v) is 10.2. The van der Waals surface area contributed by atoms with Crippen LogP contribution >= 0.6 is 22.9 Å². The molecule has 0 bridgehead atoms. The van der Waals surface area contributed by atoms with Gasteiger partial charge < -0.3 is 10.6 Å². The van der Waals surface area contributed by atoms with E-state index in [0.29, 0.717) is 23.2 Å². The fraction of sp³-hybridized carbons (Fsp3) is 0.417. The van der Waals surface area contributed by atoms with Crippen molar-refractivity contribution >= 4 is 51.8 Å². The first-order valence-corrected chi connectivity index (χ1v) is 12.7. The molecule has 1 fully saturated rings. The molecule has 3 heterocycles. The van der Waals surface area contributed by atoms with Gasteiger partial charge in [0.15, 0.2) is 0 Å². The molecule has 1 aliphatic rings. The van der Waals surface area contributed by atoms with Crippen molar-refractivity contribution in [2.75, 3.05) is 15.5 Å². The molecule has 0 spiro atoms. The van der Waals surface area contributed by atoms with Crippen LogP contribution in [0.15, 0.2) is 36.7 Å². The lowest BCUT2D eigenvalue weighted by atomic mass is 9.97. The Balaban J connectivity index is 1.53. The fourth-order valence-corrected chi connectivity index (χ4v) is 5.58. The first-order valence-electron chi connectivity index (χ1n) is 11.5. The highest BCUT2D eigenvalue weighted by atomic mass is 35.5. The normalized spacial score (nSPS) is 15.6. The highest BCUT2D eigenvalue weighted by molar-refractivity contribution is 7.16. The van der Waals surface area contributed by atoms with Gasteiger partial charge in [-0.1, -0.05) is 37.3 Å². The van der Waals surface area contributed by atoms with Crippen molar-refractivity contribution in [1.29, 1.82) is 0 Å². The first kappa shape index (κ1) is 24.2. The summed E-state index contributed by atoms with van der Waals surface area (Å²) in [5.74, 6) is 0.728. The second-order valence-electron chi connectivity index (χ2n) is 8.70. The summed E-state index contributed by atoms with van der Waals surface area (Å²) in [5, 5.41) is 14.3. The minimum Gasteiger partial charge on any atom is -0.376 e. The number of halogens is 1. The summed E-state index contributed by atoms with van der Waals surface area (Å²) >= 11 is 7.60. The third kappa shape index (κ3) is 5.77. The van der Waals surface area contributed by atoms with Gasteiger partial charge in [-0.3, -0.25) is 24.6 Å². The molecule has 2 amide bonds. The molecule has 1 saturated carbocycles. The van der Waals surface area contributed by atoms with Crippen LogP contribution in [0.25, 0.3) is 0 Å². The van der Waals surface area contributed by atoms with Crippen molar-refractivity contribution in [3.8, 4) is 0 Å². The summed E-state index contributed by atoms with van der Waals surface area (Å²) in [7, 11) is 0. The van der Waals surface area contributed by atoms with Crippen LogP contribution in [0.4, 0.5) is 16.5 Å². The van der Waals surface area contributed by atoms with Gasteiger partial charge in [0.2, 0.25) is 12.3 Å². The highest BCUT2D eigenvalue weighted by Crippen LogP contribution is 2.36. The number of aryl methyl sites for hydroxylation is 1. The van der Waals surface area contributed by atoms with E-state index in [-0.39, 0.29) is 11.9 Å². The molecular weight excluding hydrogens is 472 g/mol. The molecule has 34 heavy (non-hydrogen) atoms. The second kappa shape index (κ2) is 11.0. The summed E-state index contributed by atoms with van der Waals surface area (Å²) < 4.78 is 0. The molecule has 10 heteroatoms. The van der Waals surface area contributed by atoms with Gasteiger partial charge in [0, 0.05) is 17.1 Å². The molecule has 3 aromatic rings. The summed E-state index contributed by atoms with van der Waals surface area (Å²) in [4.78, 5) is 32.4. The van der Waals surface area contributed by atoms with E-state index in [1.54, 1.807) is 23.4 Å². The highest BCUT2D eigenvalue weighted by Gasteiger charge is 2.32. The lowest BCUT2D eigenvalue weighted by molar-refractivity contribution is -0.119. The Bertz CT molecular complexity index is 1110. The van der Waals surface area contributed by atoms with Crippen LogP contribution in [0.2, 0.25) is 5.02 Å². The van der Waals surface area contributed by atoms with Gasteiger partial charge in [-0.2, -0.15) is 5.10 Å². The Morgan fingerprint density at radius 3 is 2.85 bits per heavy atom. The number of nitrogens with one attached hydrogen (secondary N) is 3. The largest absolute Gasteiger partial charge is 0.376 e. The number of rotatable bonds is 10. The van der Waals surface area contributed by atoms with Crippen molar-refractivity contribution in [2.45, 2.75) is 58.0 Å². The molecule has 180 valence electrons. The number of thiophene rings is 1. The summed E-state index contributed by atoms with van der Waals surface area (Å²) in [6.45, 7) is 3.97. The summed E-state index contributed by atoms with van der Waals surface area (Å²) in [6, 6.07) is 6.81. The number of hydrogen-bond acceptors (Lipinski definition) is 6. The number of aromatic nitrogens is 3. The van der Waals surface area contributed by atoms with Gasteiger partial charge in [-0.15, -0.1) is 11.3 Å². The maximum absolute atomic E-state index is 13.2. The van der Waals surface area contributed by atoms with E-state index in [1.807, 2.05) is 32.0 Å². The molecule has 0 radical (unpaired) electrons. The third-order valence-corrected chi connectivity index (χ3v) is 7.75. The molecule has 3 N–H and O–H groups in total. The van der Waals surface area contributed by atoms with E-state index in [2.05, 4.69) is 25.8 Å². The molecule has 2 atom stereocenters. The number of hydrogen-bond donors (Lipinski definition) is 3. The molecule has 8 nitrogen and oxygen atoms in total. The lowest BCUT2D eigenvalue weighted by Gasteiger charge is -2.28. The van der Waals surface area contributed by atoms with Crippen molar-refractivity contribution in [3.05, 3.63) is 52.3 Å². The molecular formula is C24H29ClN6O2S. The number of pyridine rings is 1.